The van der Waals surface area contributed by atoms with Gasteiger partial charge in [-0.05, 0) is 54.2 Å². The molecule has 2 aromatic carbocycles. The van der Waals surface area contributed by atoms with Gasteiger partial charge in [0.05, 0.1) is 5.69 Å². The van der Waals surface area contributed by atoms with Crippen molar-refractivity contribution in [1.29, 1.82) is 0 Å². The number of rotatable bonds is 2. The molecule has 0 spiro atoms. The third-order valence-corrected chi connectivity index (χ3v) is 6.83. The summed E-state index contributed by atoms with van der Waals surface area (Å²) in [6, 6.07) is 16.1. The van der Waals surface area contributed by atoms with Crippen LogP contribution in [0.25, 0.3) is 21.0 Å². The highest BCUT2D eigenvalue weighted by Gasteiger charge is 2.21. The molecule has 0 radical (unpaired) electrons. The van der Waals surface area contributed by atoms with Gasteiger partial charge in [0.2, 0.25) is 5.78 Å². The molecule has 0 saturated carbocycles. The maximum atomic E-state index is 13.2. The summed E-state index contributed by atoms with van der Waals surface area (Å²) in [5, 5.41) is 3.13. The number of nitrogen functional groups attached to an aromatic ring is 1. The van der Waals surface area contributed by atoms with Crippen LogP contribution >= 0.6 is 11.3 Å². The van der Waals surface area contributed by atoms with Crippen LogP contribution in [0.3, 0.4) is 0 Å². The number of aryl methyl sites for hydroxylation is 2. The van der Waals surface area contributed by atoms with Crippen molar-refractivity contribution in [2.24, 2.45) is 0 Å². The minimum Gasteiger partial charge on any atom is -0.397 e. The monoisotopic (exact) mass is 386 g/mol. The Morgan fingerprint density at radius 3 is 2.57 bits per heavy atom. The summed E-state index contributed by atoms with van der Waals surface area (Å²) in [5.74, 6) is -0.0151. The smallest absolute Gasteiger partial charge is 0.205 e. The lowest BCUT2D eigenvalue weighted by atomic mass is 9.96. The number of fused-ring (bicyclic) bond motifs is 3. The number of benzene rings is 2. The second-order valence-electron chi connectivity index (χ2n) is 7.60. The number of hydrogen-bond donors (Lipinski definition) is 1. The Hall–Kier alpha value is -2.72. The second kappa shape index (κ2) is 7.02. The molecule has 2 heterocycles. The molecule has 0 aliphatic heterocycles. The zero-order chi connectivity index (χ0) is 19.1. The van der Waals surface area contributed by atoms with Crippen molar-refractivity contribution in [1.82, 2.24) is 4.98 Å². The topological polar surface area (TPSA) is 56.0 Å². The van der Waals surface area contributed by atoms with Crippen molar-refractivity contribution in [3.63, 3.8) is 0 Å². The minimum absolute atomic E-state index is 0.0151. The first-order valence-corrected chi connectivity index (χ1v) is 10.8. The van der Waals surface area contributed by atoms with Crippen molar-refractivity contribution < 1.29 is 4.79 Å². The van der Waals surface area contributed by atoms with Gasteiger partial charge in [-0.2, -0.15) is 0 Å². The van der Waals surface area contributed by atoms with E-state index in [4.69, 9.17) is 10.7 Å². The van der Waals surface area contributed by atoms with E-state index in [2.05, 4.69) is 12.1 Å². The van der Waals surface area contributed by atoms with Crippen LogP contribution in [0, 0.1) is 0 Å². The Kier molecular flexibility index (Phi) is 4.36. The fourth-order valence-electron chi connectivity index (χ4n) is 4.14. The summed E-state index contributed by atoms with van der Waals surface area (Å²) < 4.78 is 0. The number of anilines is 1. The normalized spacial score (nSPS) is 14.6. The molecule has 140 valence electrons. The Morgan fingerprint density at radius 2 is 1.71 bits per heavy atom. The summed E-state index contributed by atoms with van der Waals surface area (Å²) in [7, 11) is 0. The average Bonchev–Trinajstić information content (AvgIpc) is 3.02. The summed E-state index contributed by atoms with van der Waals surface area (Å²) in [6.07, 6.45) is 7.03. The van der Waals surface area contributed by atoms with Gasteiger partial charge in [0.15, 0.2) is 0 Å². The number of nitrogens with two attached hydrogens (primary N) is 1. The molecule has 0 unspecified atom stereocenters. The van der Waals surface area contributed by atoms with E-state index in [0.717, 1.165) is 33.8 Å². The quantitative estimate of drug-likeness (QED) is 0.435. The van der Waals surface area contributed by atoms with Gasteiger partial charge in [0.1, 0.15) is 9.71 Å². The molecule has 4 heteroatoms. The molecule has 3 nitrogen and oxygen atoms in total. The average molecular weight is 387 g/mol. The van der Waals surface area contributed by atoms with E-state index in [-0.39, 0.29) is 5.78 Å². The molecule has 2 N–H and O–H groups in total. The fourth-order valence-corrected chi connectivity index (χ4v) is 5.20. The minimum atomic E-state index is -0.0151. The first-order valence-electron chi connectivity index (χ1n) is 9.95. The van der Waals surface area contributed by atoms with Gasteiger partial charge >= 0.3 is 0 Å². The number of hydrogen-bond acceptors (Lipinski definition) is 4. The van der Waals surface area contributed by atoms with Crippen LogP contribution in [-0.4, -0.2) is 10.8 Å². The predicted molar refractivity (Wildman–Crippen MR) is 117 cm³/mol. The number of nitrogens with zero attached hydrogens (tertiary/aromatic N) is 1. The highest BCUT2D eigenvalue weighted by Crippen LogP contribution is 2.36. The molecule has 0 saturated heterocycles. The molecule has 5 rings (SSSR count). The van der Waals surface area contributed by atoms with Gasteiger partial charge in [-0.15, -0.1) is 11.3 Å². The zero-order valence-electron chi connectivity index (χ0n) is 15.7. The van der Waals surface area contributed by atoms with E-state index >= 15 is 0 Å². The number of ketones is 1. The molecule has 1 aliphatic carbocycles. The number of thiophene rings is 1. The Bertz CT molecular complexity index is 1210. The highest BCUT2D eigenvalue weighted by atomic mass is 32.1. The molecular formula is C24H22N2OS. The van der Waals surface area contributed by atoms with Gasteiger partial charge < -0.3 is 5.73 Å². The van der Waals surface area contributed by atoms with Gasteiger partial charge in [0, 0.05) is 16.6 Å². The Morgan fingerprint density at radius 1 is 0.929 bits per heavy atom. The molecule has 1 aliphatic rings. The fraction of sp³-hybridized carbons (Fsp3) is 0.250. The molecule has 0 fully saturated rings. The summed E-state index contributed by atoms with van der Waals surface area (Å²) in [6.45, 7) is 0. The molecular weight excluding hydrogens is 364 g/mol. The Labute approximate surface area is 168 Å². The van der Waals surface area contributed by atoms with Crippen molar-refractivity contribution in [3.8, 4) is 0 Å². The first kappa shape index (κ1) is 17.4. The number of pyridine rings is 1. The summed E-state index contributed by atoms with van der Waals surface area (Å²) >= 11 is 1.43. The molecule has 28 heavy (non-hydrogen) atoms. The number of carbonyl (C=O) groups excluding carboxylic acids is 1. The summed E-state index contributed by atoms with van der Waals surface area (Å²) in [5.41, 5.74) is 10.2. The van der Waals surface area contributed by atoms with E-state index < -0.39 is 0 Å². The maximum absolute atomic E-state index is 13.2. The van der Waals surface area contributed by atoms with Gasteiger partial charge in [-0.1, -0.05) is 49.2 Å². The summed E-state index contributed by atoms with van der Waals surface area (Å²) in [4.78, 5) is 19.6. The lowest BCUT2D eigenvalue weighted by Gasteiger charge is -2.12. The molecule has 2 aromatic heterocycles. The number of aromatic nitrogens is 1. The third-order valence-electron chi connectivity index (χ3n) is 5.72. The van der Waals surface area contributed by atoms with E-state index in [9.17, 15) is 4.79 Å². The highest BCUT2D eigenvalue weighted by molar-refractivity contribution is 7.21. The van der Waals surface area contributed by atoms with Crippen molar-refractivity contribution in [2.45, 2.75) is 38.5 Å². The second-order valence-corrected chi connectivity index (χ2v) is 8.60. The van der Waals surface area contributed by atoms with Crippen molar-refractivity contribution in [2.75, 3.05) is 5.73 Å². The molecule has 4 aromatic rings. The Balaban J connectivity index is 1.59. The number of carbonyl (C=O) groups is 1. The van der Waals surface area contributed by atoms with Crippen LogP contribution in [0.15, 0.2) is 48.5 Å². The third kappa shape index (κ3) is 2.98. The first-order chi connectivity index (χ1) is 13.7. The molecule has 0 bridgehead atoms. The van der Waals surface area contributed by atoms with Crippen molar-refractivity contribution >= 4 is 43.8 Å². The predicted octanol–water partition coefficient (Wildman–Crippen LogP) is 5.92. The van der Waals surface area contributed by atoms with Crippen LogP contribution in [0.2, 0.25) is 0 Å². The van der Waals surface area contributed by atoms with E-state index in [0.29, 0.717) is 16.1 Å². The van der Waals surface area contributed by atoms with Gasteiger partial charge in [-0.3, -0.25) is 4.79 Å². The zero-order valence-corrected chi connectivity index (χ0v) is 16.5. The van der Waals surface area contributed by atoms with E-state index in [1.165, 1.54) is 48.3 Å². The molecule has 0 atom stereocenters. The lowest BCUT2D eigenvalue weighted by Crippen LogP contribution is -2.03. The van der Waals surface area contributed by atoms with Crippen LogP contribution in [-0.2, 0) is 12.8 Å². The SMILES string of the molecule is Nc1c(C(=O)c2ccc3ccccc3c2)sc2nc3c(cc12)CCCCCC3. The van der Waals surface area contributed by atoms with Gasteiger partial charge in [0.25, 0.3) is 0 Å². The van der Waals surface area contributed by atoms with Crippen LogP contribution in [0.4, 0.5) is 5.69 Å². The lowest BCUT2D eigenvalue weighted by molar-refractivity contribution is 0.104. The van der Waals surface area contributed by atoms with Crippen LogP contribution in [0.5, 0.6) is 0 Å². The van der Waals surface area contributed by atoms with E-state index in [1.54, 1.807) is 0 Å². The molecule has 0 amide bonds. The van der Waals surface area contributed by atoms with Gasteiger partial charge in [-0.25, -0.2) is 4.98 Å². The van der Waals surface area contributed by atoms with Crippen LogP contribution < -0.4 is 5.73 Å². The maximum Gasteiger partial charge on any atom is 0.205 e. The van der Waals surface area contributed by atoms with Crippen LogP contribution in [0.1, 0.15) is 52.2 Å². The van der Waals surface area contributed by atoms with E-state index in [1.807, 2.05) is 36.4 Å². The van der Waals surface area contributed by atoms with Crippen molar-refractivity contribution in [3.05, 3.63) is 70.2 Å². The standard InChI is InChI=1S/C24H22N2OS/c25-21-19-14-17-9-3-1-2-4-10-20(17)26-24(19)28-23(21)22(27)18-12-11-15-7-5-6-8-16(15)13-18/h5-8,11-14H,1-4,9-10,25H2. The largest absolute Gasteiger partial charge is 0.397 e.